The highest BCUT2D eigenvalue weighted by Crippen LogP contribution is 2.34. The predicted octanol–water partition coefficient (Wildman–Crippen LogP) is 3.66. The van der Waals surface area contributed by atoms with Crippen LogP contribution < -0.4 is 0 Å². The van der Waals surface area contributed by atoms with Gasteiger partial charge in [0.05, 0.1) is 36.2 Å². The van der Waals surface area contributed by atoms with E-state index in [4.69, 9.17) is 0 Å². The molecular weight excluding hydrogens is 356 g/mol. The molecule has 2 aromatic heterocycles. The Morgan fingerprint density at radius 1 is 1.24 bits per heavy atom. The third-order valence-electron chi connectivity index (χ3n) is 3.67. The van der Waals surface area contributed by atoms with Crippen molar-refractivity contribution in [2.24, 2.45) is 0 Å². The first kappa shape index (κ1) is 17.6. The highest BCUT2D eigenvalue weighted by Gasteiger charge is 2.18. The Morgan fingerprint density at radius 3 is 2.72 bits per heavy atom. The van der Waals surface area contributed by atoms with Gasteiger partial charge in [-0.25, -0.2) is 4.68 Å². The van der Waals surface area contributed by atoms with E-state index in [1.54, 1.807) is 0 Å². The number of hydrogen-bond donors (Lipinski definition) is 0. The number of methoxy groups -OCH3 is 1. The van der Waals surface area contributed by atoms with Crippen LogP contribution in [0.15, 0.2) is 34.7 Å². The Balaban J connectivity index is 1.81. The van der Waals surface area contributed by atoms with Crippen molar-refractivity contribution in [2.75, 3.05) is 12.9 Å². The second-order valence-corrected chi connectivity index (χ2v) is 7.66. The summed E-state index contributed by atoms with van der Waals surface area (Å²) in [6.07, 6.45) is 0.361. The molecule has 0 amide bonds. The summed E-state index contributed by atoms with van der Waals surface area (Å²) in [7, 11) is 1.39. The second kappa shape index (κ2) is 7.79. The monoisotopic (exact) mass is 374 g/mol. The number of para-hydroxylation sites is 1. The van der Waals surface area contributed by atoms with Gasteiger partial charge in [-0.1, -0.05) is 41.3 Å². The summed E-state index contributed by atoms with van der Waals surface area (Å²) in [5, 5.41) is 14.0. The number of ether oxygens (including phenoxy) is 1. The van der Waals surface area contributed by atoms with E-state index in [0.717, 1.165) is 32.0 Å². The number of hydrogen-bond acceptors (Lipinski definition) is 7. The second-order valence-electron chi connectivity index (χ2n) is 5.34. The van der Waals surface area contributed by atoms with E-state index in [-0.39, 0.29) is 5.97 Å². The molecule has 0 fully saturated rings. The molecule has 0 aliphatic heterocycles. The van der Waals surface area contributed by atoms with Gasteiger partial charge >= 0.3 is 5.97 Å². The predicted molar refractivity (Wildman–Crippen MR) is 99.3 cm³/mol. The van der Waals surface area contributed by atoms with Crippen LogP contribution in [0.2, 0.25) is 0 Å². The van der Waals surface area contributed by atoms with Gasteiger partial charge in [-0.15, -0.1) is 10.2 Å². The number of benzene rings is 1. The first-order chi connectivity index (χ1) is 12.1. The minimum atomic E-state index is -0.215. The summed E-state index contributed by atoms with van der Waals surface area (Å²) >= 11 is 3.03. The number of esters is 1. The molecule has 0 aliphatic carbocycles. The van der Waals surface area contributed by atoms with Gasteiger partial charge in [0.2, 0.25) is 0 Å². The van der Waals surface area contributed by atoms with Crippen LogP contribution in [0.1, 0.15) is 17.8 Å². The number of thioether (sulfide) groups is 1. The quantitative estimate of drug-likeness (QED) is 0.484. The van der Waals surface area contributed by atoms with Crippen molar-refractivity contribution in [1.82, 2.24) is 20.0 Å². The van der Waals surface area contributed by atoms with Crippen LogP contribution in [-0.4, -0.2) is 38.8 Å². The molecule has 0 atom stereocenters. The summed E-state index contributed by atoms with van der Waals surface area (Å²) in [6, 6.07) is 10.0. The zero-order chi connectivity index (χ0) is 17.8. The van der Waals surface area contributed by atoms with Crippen LogP contribution in [0.5, 0.6) is 0 Å². The number of rotatable bonds is 6. The Bertz CT molecular complexity index is 874. The molecule has 6 nitrogen and oxygen atoms in total. The number of carbonyl (C=O) groups excluding carboxylic acids is 1. The van der Waals surface area contributed by atoms with E-state index >= 15 is 0 Å². The Hall–Kier alpha value is -2.19. The zero-order valence-corrected chi connectivity index (χ0v) is 15.9. The molecule has 8 heteroatoms. The van der Waals surface area contributed by atoms with Gasteiger partial charge in [0.1, 0.15) is 0 Å². The lowest BCUT2D eigenvalue weighted by molar-refractivity contribution is -0.140. The fraction of sp³-hybridized carbons (Fsp3) is 0.294. The van der Waals surface area contributed by atoms with Gasteiger partial charge in [-0.2, -0.15) is 5.10 Å². The summed E-state index contributed by atoms with van der Waals surface area (Å²) in [6.45, 7) is 4.01. The van der Waals surface area contributed by atoms with Gasteiger partial charge in [0.25, 0.3) is 0 Å². The zero-order valence-electron chi connectivity index (χ0n) is 14.2. The lowest BCUT2D eigenvalue weighted by Gasteiger charge is -2.03. The SMILES string of the molecule is COC(=O)CCSc1nnc(-c2c(C)nn(-c3ccccc3)c2C)s1. The number of aromatic nitrogens is 4. The normalized spacial score (nSPS) is 10.8. The number of aryl methyl sites for hydroxylation is 1. The molecule has 0 unspecified atom stereocenters. The Morgan fingerprint density at radius 2 is 2.00 bits per heavy atom. The molecular formula is C17H18N4O2S2. The van der Waals surface area contributed by atoms with Crippen molar-refractivity contribution in [3.8, 4) is 16.3 Å². The minimum Gasteiger partial charge on any atom is -0.469 e. The largest absolute Gasteiger partial charge is 0.469 e. The molecule has 2 heterocycles. The van der Waals surface area contributed by atoms with E-state index in [0.29, 0.717) is 12.2 Å². The van der Waals surface area contributed by atoms with Gasteiger partial charge < -0.3 is 4.74 Å². The van der Waals surface area contributed by atoms with Gasteiger partial charge in [0.15, 0.2) is 9.35 Å². The molecule has 0 aliphatic rings. The fourth-order valence-corrected chi connectivity index (χ4v) is 4.46. The van der Waals surface area contributed by atoms with Gasteiger partial charge in [0, 0.05) is 5.75 Å². The smallest absolute Gasteiger partial charge is 0.306 e. The highest BCUT2D eigenvalue weighted by molar-refractivity contribution is 8.01. The van der Waals surface area contributed by atoms with Crippen LogP contribution >= 0.6 is 23.1 Å². The standard InChI is InChI=1S/C17H18N4O2S2/c1-11-15(12(2)21(20-11)13-7-5-4-6-8-13)16-18-19-17(25-16)24-10-9-14(22)23-3/h4-8H,9-10H2,1-3H3. The van der Waals surface area contributed by atoms with Gasteiger partial charge in [-0.05, 0) is 26.0 Å². The van der Waals surface area contributed by atoms with Crippen LogP contribution in [0.3, 0.4) is 0 Å². The van der Waals surface area contributed by atoms with Gasteiger partial charge in [-0.3, -0.25) is 4.79 Å². The average Bonchev–Trinajstić information content (AvgIpc) is 3.19. The maximum Gasteiger partial charge on any atom is 0.306 e. The average molecular weight is 374 g/mol. The molecule has 3 rings (SSSR count). The summed E-state index contributed by atoms with van der Waals surface area (Å²) in [5.41, 5.74) is 3.99. The fourth-order valence-electron chi connectivity index (χ4n) is 2.47. The maximum atomic E-state index is 11.2. The molecule has 3 aromatic rings. The van der Waals surface area contributed by atoms with Crippen LogP contribution in [0.25, 0.3) is 16.3 Å². The minimum absolute atomic E-state index is 0.215. The lowest BCUT2D eigenvalue weighted by Crippen LogP contribution is -2.00. The molecule has 1 aromatic carbocycles. The maximum absolute atomic E-state index is 11.2. The van der Waals surface area contributed by atoms with E-state index < -0.39 is 0 Å². The number of nitrogens with zero attached hydrogens (tertiary/aromatic N) is 4. The summed E-state index contributed by atoms with van der Waals surface area (Å²) < 4.78 is 7.41. The molecule has 0 spiro atoms. The van der Waals surface area contributed by atoms with Crippen LogP contribution in [-0.2, 0) is 9.53 Å². The highest BCUT2D eigenvalue weighted by atomic mass is 32.2. The molecule has 0 N–H and O–H groups in total. The third-order valence-corrected chi connectivity index (χ3v) is 5.75. The molecule has 0 bridgehead atoms. The van der Waals surface area contributed by atoms with Crippen LogP contribution in [0.4, 0.5) is 0 Å². The van der Waals surface area contributed by atoms with E-state index in [9.17, 15) is 4.79 Å². The van der Waals surface area contributed by atoms with E-state index in [2.05, 4.69) is 20.0 Å². The Labute approximate surface area is 154 Å². The van der Waals surface area contributed by atoms with Crippen molar-refractivity contribution >= 4 is 29.1 Å². The van der Waals surface area contributed by atoms with Crippen molar-refractivity contribution in [1.29, 1.82) is 0 Å². The Kier molecular flexibility index (Phi) is 5.50. The third kappa shape index (κ3) is 3.91. The molecule has 0 saturated heterocycles. The molecule has 130 valence electrons. The van der Waals surface area contributed by atoms with Crippen molar-refractivity contribution in [3.05, 3.63) is 41.7 Å². The lowest BCUT2D eigenvalue weighted by atomic mass is 10.2. The van der Waals surface area contributed by atoms with Crippen molar-refractivity contribution in [2.45, 2.75) is 24.6 Å². The van der Waals surface area contributed by atoms with E-state index in [1.807, 2.05) is 48.9 Å². The first-order valence-electron chi connectivity index (χ1n) is 7.75. The summed E-state index contributed by atoms with van der Waals surface area (Å²) in [5.74, 6) is 0.413. The van der Waals surface area contributed by atoms with E-state index in [1.165, 1.54) is 30.2 Å². The first-order valence-corrected chi connectivity index (χ1v) is 9.55. The molecule has 0 radical (unpaired) electrons. The molecule has 0 saturated carbocycles. The topological polar surface area (TPSA) is 69.9 Å². The number of carbonyl (C=O) groups is 1. The van der Waals surface area contributed by atoms with Crippen molar-refractivity contribution < 1.29 is 9.53 Å². The molecule has 25 heavy (non-hydrogen) atoms. The van der Waals surface area contributed by atoms with Crippen LogP contribution in [0, 0.1) is 13.8 Å². The summed E-state index contributed by atoms with van der Waals surface area (Å²) in [4.78, 5) is 11.2. The van der Waals surface area contributed by atoms with Crippen molar-refractivity contribution in [3.63, 3.8) is 0 Å².